The van der Waals surface area contributed by atoms with Crippen LogP contribution in [0.25, 0.3) is 5.57 Å². The molecular weight excluding hydrogens is 390 g/mol. The van der Waals surface area contributed by atoms with Crippen molar-refractivity contribution in [2.45, 2.75) is 64.5 Å². The van der Waals surface area contributed by atoms with Crippen molar-refractivity contribution in [3.8, 4) is 0 Å². The maximum Gasteiger partial charge on any atom is 0.256 e. The van der Waals surface area contributed by atoms with E-state index in [4.69, 9.17) is 21.7 Å². The lowest BCUT2D eigenvalue weighted by Gasteiger charge is -2.38. The van der Waals surface area contributed by atoms with Crippen molar-refractivity contribution in [3.05, 3.63) is 40.1 Å². The van der Waals surface area contributed by atoms with Crippen LogP contribution in [0.3, 0.4) is 0 Å². The third kappa shape index (κ3) is 3.87. The summed E-state index contributed by atoms with van der Waals surface area (Å²) in [6, 6.07) is 4.30. The molecule has 1 amide bonds. The van der Waals surface area contributed by atoms with Gasteiger partial charge in [-0.25, -0.2) is 0 Å². The van der Waals surface area contributed by atoms with Crippen molar-refractivity contribution < 1.29 is 14.3 Å². The topological polar surface area (TPSA) is 47.6 Å². The molecule has 1 heterocycles. The quantitative estimate of drug-likeness (QED) is 0.717. The van der Waals surface area contributed by atoms with Gasteiger partial charge in [0.2, 0.25) is 4.38 Å². The maximum absolute atomic E-state index is 13.3. The summed E-state index contributed by atoms with van der Waals surface area (Å²) in [6.07, 6.45) is 6.34. The minimum absolute atomic E-state index is 0.0589. The Kier molecular flexibility index (Phi) is 6.52. The van der Waals surface area contributed by atoms with Crippen LogP contribution >= 0.6 is 24.0 Å². The largest absolute Gasteiger partial charge is 0.441 e. The van der Waals surface area contributed by atoms with Crippen LogP contribution in [0.1, 0.15) is 54.9 Å². The molecule has 1 fully saturated rings. The van der Waals surface area contributed by atoms with Gasteiger partial charge in [0, 0.05) is 7.11 Å². The maximum atomic E-state index is 13.3. The highest BCUT2D eigenvalue weighted by Crippen LogP contribution is 2.45. The van der Waals surface area contributed by atoms with Crippen LogP contribution in [0.4, 0.5) is 0 Å². The number of benzene rings is 1. The molecule has 0 unspecified atom stereocenters. The van der Waals surface area contributed by atoms with E-state index < -0.39 is 5.54 Å². The van der Waals surface area contributed by atoms with Gasteiger partial charge < -0.3 is 14.8 Å². The van der Waals surface area contributed by atoms with Crippen molar-refractivity contribution in [1.82, 2.24) is 5.32 Å². The predicted octanol–water partition coefficient (Wildman–Crippen LogP) is 4.70. The van der Waals surface area contributed by atoms with Crippen molar-refractivity contribution in [2.75, 3.05) is 13.4 Å². The van der Waals surface area contributed by atoms with Crippen LogP contribution in [-0.2, 0) is 20.7 Å². The van der Waals surface area contributed by atoms with Gasteiger partial charge in [0.15, 0.2) is 0 Å². The van der Waals surface area contributed by atoms with E-state index in [2.05, 4.69) is 38.2 Å². The molecule has 0 saturated heterocycles. The van der Waals surface area contributed by atoms with Gasteiger partial charge in [0.05, 0.1) is 17.2 Å². The van der Waals surface area contributed by atoms with Crippen LogP contribution in [-0.4, -0.2) is 35.3 Å². The molecule has 0 radical (unpaired) electrons. The lowest BCUT2D eigenvalue weighted by atomic mass is 9.78. The SMILES string of the molecule is CCc1cc(C)cc(C)c1C1=C(OC(=S)SC)C2(CCC(OC)CC2)NC1=O. The third-order valence-electron chi connectivity index (χ3n) is 5.91. The van der Waals surface area contributed by atoms with Gasteiger partial charge in [-0.05, 0) is 81.1 Å². The van der Waals surface area contributed by atoms with E-state index in [0.29, 0.717) is 15.7 Å². The fourth-order valence-electron chi connectivity index (χ4n) is 4.54. The second-order valence-corrected chi connectivity index (χ2v) is 9.11. The molecule has 6 heteroatoms. The molecule has 0 bridgehead atoms. The van der Waals surface area contributed by atoms with E-state index in [1.807, 2.05) is 6.26 Å². The number of aryl methyl sites for hydroxylation is 3. The number of ether oxygens (including phenoxy) is 2. The smallest absolute Gasteiger partial charge is 0.256 e. The van der Waals surface area contributed by atoms with E-state index in [0.717, 1.165) is 43.2 Å². The lowest BCUT2D eigenvalue weighted by Crippen LogP contribution is -2.49. The molecule has 2 aliphatic rings. The summed E-state index contributed by atoms with van der Waals surface area (Å²) >= 11 is 6.78. The summed E-state index contributed by atoms with van der Waals surface area (Å²) in [7, 11) is 1.75. The normalized spacial score (nSPS) is 24.6. The number of hydrogen-bond acceptors (Lipinski definition) is 5. The molecule has 1 aliphatic heterocycles. The molecule has 1 saturated carbocycles. The Hall–Kier alpha value is -1.37. The monoisotopic (exact) mass is 419 g/mol. The summed E-state index contributed by atoms with van der Waals surface area (Å²) in [4.78, 5) is 13.3. The van der Waals surface area contributed by atoms with Gasteiger partial charge in [-0.15, -0.1) is 0 Å². The second kappa shape index (κ2) is 8.56. The average molecular weight is 420 g/mol. The lowest BCUT2D eigenvalue weighted by molar-refractivity contribution is -0.116. The minimum atomic E-state index is -0.496. The number of nitrogens with one attached hydrogen (secondary N) is 1. The van der Waals surface area contributed by atoms with Gasteiger partial charge in [-0.2, -0.15) is 0 Å². The van der Waals surface area contributed by atoms with Crippen LogP contribution in [0.5, 0.6) is 0 Å². The van der Waals surface area contributed by atoms with Crippen LogP contribution in [0.15, 0.2) is 17.9 Å². The van der Waals surface area contributed by atoms with E-state index in [-0.39, 0.29) is 12.0 Å². The fourth-order valence-corrected chi connectivity index (χ4v) is 4.79. The predicted molar refractivity (Wildman–Crippen MR) is 120 cm³/mol. The van der Waals surface area contributed by atoms with Crippen molar-refractivity contribution in [3.63, 3.8) is 0 Å². The summed E-state index contributed by atoms with van der Waals surface area (Å²) in [5.41, 5.74) is 4.62. The zero-order valence-electron chi connectivity index (χ0n) is 17.3. The molecule has 152 valence electrons. The summed E-state index contributed by atoms with van der Waals surface area (Å²) in [5, 5.41) is 3.27. The number of carbonyl (C=O) groups is 1. The Morgan fingerprint density at radius 2 is 2.00 bits per heavy atom. The standard InChI is InChI=1S/C22H29NO3S2/c1-6-15-12-13(2)11-14(3)17(15)18-19(26-21(27)28-5)22(23-20(18)24)9-7-16(25-4)8-10-22/h11-12,16H,6-10H2,1-5H3,(H,23,24). The summed E-state index contributed by atoms with van der Waals surface area (Å²) in [6.45, 7) is 6.28. The first-order chi connectivity index (χ1) is 13.3. The molecule has 3 rings (SSSR count). The number of thioether (sulfide) groups is 1. The number of methoxy groups -OCH3 is 1. The fraction of sp³-hybridized carbons (Fsp3) is 0.545. The first-order valence-corrected chi connectivity index (χ1v) is 11.4. The highest BCUT2D eigenvalue weighted by Gasteiger charge is 2.50. The molecule has 1 aromatic rings. The third-order valence-corrected chi connectivity index (χ3v) is 6.91. The Morgan fingerprint density at radius 1 is 1.32 bits per heavy atom. The molecular formula is C22H29NO3S2. The van der Waals surface area contributed by atoms with Gasteiger partial charge >= 0.3 is 0 Å². The number of amides is 1. The van der Waals surface area contributed by atoms with E-state index in [1.54, 1.807) is 7.11 Å². The number of hydrogen-bond donors (Lipinski definition) is 1. The van der Waals surface area contributed by atoms with Gasteiger partial charge in [-0.1, -0.05) is 36.4 Å². The number of rotatable bonds is 4. The molecule has 1 aliphatic carbocycles. The average Bonchev–Trinajstić information content (AvgIpc) is 2.92. The van der Waals surface area contributed by atoms with E-state index >= 15 is 0 Å². The zero-order chi connectivity index (χ0) is 20.5. The summed E-state index contributed by atoms with van der Waals surface area (Å²) in [5.74, 6) is 0.643. The Balaban J connectivity index is 2.17. The first kappa shape index (κ1) is 21.3. The van der Waals surface area contributed by atoms with Crippen LogP contribution in [0.2, 0.25) is 0 Å². The van der Waals surface area contributed by atoms with E-state index in [9.17, 15) is 4.79 Å². The zero-order valence-corrected chi connectivity index (χ0v) is 18.9. The Labute approximate surface area is 177 Å². The molecule has 28 heavy (non-hydrogen) atoms. The number of carbonyl (C=O) groups excluding carboxylic acids is 1. The van der Waals surface area contributed by atoms with Gasteiger partial charge in [-0.3, -0.25) is 4.79 Å². The Morgan fingerprint density at radius 3 is 2.57 bits per heavy atom. The van der Waals surface area contributed by atoms with Crippen LogP contribution < -0.4 is 5.32 Å². The van der Waals surface area contributed by atoms with Crippen molar-refractivity contribution >= 4 is 39.8 Å². The second-order valence-electron chi connectivity index (χ2n) is 7.70. The first-order valence-electron chi connectivity index (χ1n) is 9.81. The molecule has 0 aromatic heterocycles. The molecule has 1 aromatic carbocycles. The van der Waals surface area contributed by atoms with Gasteiger partial charge in [0.1, 0.15) is 5.76 Å². The highest BCUT2D eigenvalue weighted by molar-refractivity contribution is 8.22. The van der Waals surface area contributed by atoms with Crippen molar-refractivity contribution in [1.29, 1.82) is 0 Å². The number of thiocarbonyl (C=S) groups is 1. The molecule has 1 spiro atoms. The van der Waals surface area contributed by atoms with E-state index in [1.165, 1.54) is 22.9 Å². The van der Waals surface area contributed by atoms with Crippen molar-refractivity contribution in [2.24, 2.45) is 0 Å². The van der Waals surface area contributed by atoms with Crippen LogP contribution in [0, 0.1) is 13.8 Å². The minimum Gasteiger partial charge on any atom is -0.441 e. The molecule has 0 atom stereocenters. The summed E-state index contributed by atoms with van der Waals surface area (Å²) < 4.78 is 12.2. The van der Waals surface area contributed by atoms with Gasteiger partial charge in [0.25, 0.3) is 5.91 Å². The highest BCUT2D eigenvalue weighted by atomic mass is 32.2. The molecule has 4 nitrogen and oxygen atoms in total. The Bertz CT molecular complexity index is 823. The molecule has 1 N–H and O–H groups in total.